The third kappa shape index (κ3) is 4.66. The van der Waals surface area contributed by atoms with E-state index in [0.29, 0.717) is 40.3 Å². The van der Waals surface area contributed by atoms with E-state index in [0.717, 1.165) is 5.56 Å². The Hall–Kier alpha value is -5.29. The second-order valence-electron chi connectivity index (χ2n) is 8.31. The van der Waals surface area contributed by atoms with Crippen LogP contribution in [0.25, 0.3) is 17.3 Å². The molecule has 1 saturated heterocycles. The Morgan fingerprint density at radius 1 is 0.919 bits per heavy atom. The van der Waals surface area contributed by atoms with Gasteiger partial charge < -0.3 is 21.7 Å². The molecule has 5 rings (SSSR count). The van der Waals surface area contributed by atoms with Crippen LogP contribution >= 0.6 is 0 Å². The summed E-state index contributed by atoms with van der Waals surface area (Å²) in [5, 5.41) is 22.0. The maximum atomic E-state index is 13.1. The van der Waals surface area contributed by atoms with Crippen molar-refractivity contribution < 1.29 is 19.3 Å². The molecule has 0 bridgehead atoms. The van der Waals surface area contributed by atoms with Crippen molar-refractivity contribution in [3.05, 3.63) is 105 Å². The molecule has 0 spiro atoms. The number of hydrogen-bond acceptors (Lipinski definition) is 7. The van der Waals surface area contributed by atoms with Gasteiger partial charge in [0.25, 0.3) is 17.5 Å². The number of nitrogens with zero attached hydrogens (tertiary/aromatic N) is 1. The summed E-state index contributed by atoms with van der Waals surface area (Å²) in [5.74, 6) is -0.912. The van der Waals surface area contributed by atoms with Gasteiger partial charge in [0, 0.05) is 35.6 Å². The summed E-state index contributed by atoms with van der Waals surface area (Å²) < 4.78 is 0. The topological polar surface area (TPSA) is 168 Å². The number of amides is 4. The van der Waals surface area contributed by atoms with Crippen molar-refractivity contribution in [1.29, 1.82) is 0 Å². The van der Waals surface area contributed by atoms with E-state index in [1.807, 2.05) is 24.3 Å². The molecule has 11 nitrogen and oxygen atoms in total. The van der Waals surface area contributed by atoms with Crippen LogP contribution in [0.5, 0.6) is 0 Å². The van der Waals surface area contributed by atoms with Gasteiger partial charge >= 0.3 is 6.03 Å². The van der Waals surface area contributed by atoms with Crippen LogP contribution in [0.4, 0.5) is 21.9 Å². The van der Waals surface area contributed by atoms with Gasteiger partial charge in [-0.3, -0.25) is 25.0 Å². The number of nitrogens with two attached hydrogens (primary N) is 1. The summed E-state index contributed by atoms with van der Waals surface area (Å²) in [6, 6.07) is 17.9. The number of urea groups is 1. The lowest BCUT2D eigenvalue weighted by molar-refractivity contribution is -0.384. The maximum Gasteiger partial charge on any atom is 0.326 e. The summed E-state index contributed by atoms with van der Waals surface area (Å²) in [6.45, 7) is 0.352. The number of hydrogen-bond donors (Lipinski definition) is 5. The van der Waals surface area contributed by atoms with E-state index in [-0.39, 0.29) is 17.0 Å². The van der Waals surface area contributed by atoms with Gasteiger partial charge in [0.1, 0.15) is 5.70 Å². The summed E-state index contributed by atoms with van der Waals surface area (Å²) >= 11 is 0. The predicted octanol–water partition coefficient (Wildman–Crippen LogP) is 3.17. The monoisotopic (exact) mass is 496 g/mol. The number of anilines is 2. The van der Waals surface area contributed by atoms with Crippen molar-refractivity contribution in [2.45, 2.75) is 6.54 Å². The van der Waals surface area contributed by atoms with Crippen LogP contribution in [0.3, 0.4) is 0 Å². The Morgan fingerprint density at radius 2 is 1.65 bits per heavy atom. The Kier molecular flexibility index (Phi) is 5.96. The van der Waals surface area contributed by atoms with E-state index < -0.39 is 22.8 Å². The van der Waals surface area contributed by atoms with Crippen molar-refractivity contribution in [2.75, 3.05) is 10.6 Å². The van der Waals surface area contributed by atoms with Crippen molar-refractivity contribution in [3.8, 4) is 0 Å². The molecule has 0 saturated carbocycles. The molecule has 2 aliphatic rings. The molecule has 11 heteroatoms. The maximum absolute atomic E-state index is 13.1. The third-order valence-electron chi connectivity index (χ3n) is 5.90. The van der Waals surface area contributed by atoms with E-state index in [1.54, 1.807) is 24.3 Å². The molecule has 0 atom stereocenters. The normalized spacial score (nSPS) is 16.7. The summed E-state index contributed by atoms with van der Waals surface area (Å²) in [6.07, 6.45) is 1.54. The van der Waals surface area contributed by atoms with Crippen LogP contribution in [0, 0.1) is 10.1 Å². The van der Waals surface area contributed by atoms with Gasteiger partial charge in [0.15, 0.2) is 0 Å². The van der Waals surface area contributed by atoms with Crippen molar-refractivity contribution in [1.82, 2.24) is 10.6 Å². The smallest absolute Gasteiger partial charge is 0.326 e. The number of non-ortho nitro benzene ring substituents is 1. The lowest BCUT2D eigenvalue weighted by Crippen LogP contribution is -2.22. The van der Waals surface area contributed by atoms with Crippen LogP contribution in [0.15, 0.2) is 72.4 Å². The number of nitro groups is 1. The zero-order valence-electron chi connectivity index (χ0n) is 19.2. The lowest BCUT2D eigenvalue weighted by Gasteiger charge is -2.15. The Balaban J connectivity index is 1.56. The van der Waals surface area contributed by atoms with Crippen molar-refractivity contribution in [2.24, 2.45) is 5.73 Å². The van der Waals surface area contributed by atoms with Gasteiger partial charge in [-0.25, -0.2) is 4.79 Å². The Morgan fingerprint density at radius 3 is 2.27 bits per heavy atom. The molecule has 0 unspecified atom stereocenters. The first-order valence-electron chi connectivity index (χ1n) is 11.2. The highest BCUT2D eigenvalue weighted by molar-refractivity contribution is 6.37. The van der Waals surface area contributed by atoms with E-state index in [1.165, 1.54) is 24.3 Å². The minimum atomic E-state index is -0.582. The summed E-state index contributed by atoms with van der Waals surface area (Å²) in [4.78, 5) is 47.1. The fourth-order valence-corrected chi connectivity index (χ4v) is 4.06. The van der Waals surface area contributed by atoms with Gasteiger partial charge in [-0.05, 0) is 41.0 Å². The Labute approximate surface area is 210 Å². The van der Waals surface area contributed by atoms with Crippen LogP contribution in [-0.2, 0) is 16.1 Å². The first-order valence-corrected chi connectivity index (χ1v) is 11.2. The van der Waals surface area contributed by atoms with E-state index in [9.17, 15) is 24.5 Å². The number of imide groups is 1. The standard InChI is InChI=1S/C26H20N6O5/c27-13-15-1-5-16(6-2-15)23(22-19-12-18(32(36)37)9-10-20(19)29-25(22)34)28-17-7-3-14(4-8-17)11-21-24(33)31-26(35)30-21/h1-12,28H,13,27H2,(H,29,34)(H2,30,31,33,35). The highest BCUT2D eigenvalue weighted by Crippen LogP contribution is 2.39. The molecule has 0 aromatic heterocycles. The Bertz CT molecular complexity index is 1520. The zero-order valence-corrected chi connectivity index (χ0v) is 19.2. The van der Waals surface area contributed by atoms with E-state index in [4.69, 9.17) is 5.73 Å². The number of carbonyl (C=O) groups is 3. The van der Waals surface area contributed by atoms with Crippen molar-refractivity contribution >= 4 is 52.3 Å². The summed E-state index contributed by atoms with van der Waals surface area (Å²) in [7, 11) is 0. The molecular formula is C26H20N6O5. The second-order valence-corrected chi connectivity index (χ2v) is 8.31. The minimum absolute atomic E-state index is 0.133. The van der Waals surface area contributed by atoms with Gasteiger partial charge in [-0.15, -0.1) is 0 Å². The number of rotatable bonds is 6. The molecule has 0 aliphatic carbocycles. The number of nitro benzene ring substituents is 1. The van der Waals surface area contributed by atoms with Gasteiger partial charge in [-0.2, -0.15) is 0 Å². The second kappa shape index (κ2) is 9.40. The largest absolute Gasteiger partial charge is 0.354 e. The molecule has 3 aromatic carbocycles. The molecule has 6 N–H and O–H groups in total. The molecular weight excluding hydrogens is 476 g/mol. The number of benzene rings is 3. The first-order chi connectivity index (χ1) is 17.8. The van der Waals surface area contributed by atoms with Crippen LogP contribution < -0.4 is 27.0 Å². The van der Waals surface area contributed by atoms with Crippen LogP contribution in [0.1, 0.15) is 22.3 Å². The molecule has 4 amide bonds. The quantitative estimate of drug-likeness (QED) is 0.151. The van der Waals surface area contributed by atoms with Gasteiger partial charge in [0.2, 0.25) is 0 Å². The van der Waals surface area contributed by atoms with Crippen LogP contribution in [0.2, 0.25) is 0 Å². The molecule has 2 aliphatic heterocycles. The fraction of sp³-hybridized carbons (Fsp3) is 0.0385. The molecule has 2 heterocycles. The highest BCUT2D eigenvalue weighted by Gasteiger charge is 2.30. The number of nitrogens with one attached hydrogen (secondary N) is 4. The average molecular weight is 496 g/mol. The van der Waals surface area contributed by atoms with E-state index >= 15 is 0 Å². The molecule has 184 valence electrons. The van der Waals surface area contributed by atoms with E-state index in [2.05, 4.69) is 21.3 Å². The third-order valence-corrected chi connectivity index (χ3v) is 5.90. The molecule has 3 aromatic rings. The predicted molar refractivity (Wildman–Crippen MR) is 138 cm³/mol. The molecule has 0 radical (unpaired) electrons. The fourth-order valence-electron chi connectivity index (χ4n) is 4.06. The average Bonchev–Trinajstić information content (AvgIpc) is 3.39. The SMILES string of the molecule is NCc1ccc(C(Nc2ccc(C=C3NC(=O)NC3=O)cc2)=C2C(=O)Nc3ccc([N+](=O)[O-])cc32)cc1. The lowest BCUT2D eigenvalue weighted by atomic mass is 9.98. The van der Waals surface area contributed by atoms with Gasteiger partial charge in [-0.1, -0.05) is 36.4 Å². The number of carbonyl (C=O) groups excluding carboxylic acids is 3. The first kappa shape index (κ1) is 23.5. The highest BCUT2D eigenvalue weighted by atomic mass is 16.6. The summed E-state index contributed by atoms with van der Waals surface area (Å²) in [5.41, 5.74) is 10.2. The van der Waals surface area contributed by atoms with Gasteiger partial charge in [0.05, 0.1) is 16.2 Å². The number of fused-ring (bicyclic) bond motifs is 1. The molecule has 37 heavy (non-hydrogen) atoms. The molecule has 1 fully saturated rings. The van der Waals surface area contributed by atoms with Crippen molar-refractivity contribution in [3.63, 3.8) is 0 Å². The minimum Gasteiger partial charge on any atom is -0.354 e. The zero-order chi connectivity index (χ0) is 26.1. The van der Waals surface area contributed by atoms with Crippen LogP contribution in [-0.4, -0.2) is 22.8 Å².